The molecule has 3 rings (SSSR count). The van der Waals surface area contributed by atoms with Gasteiger partial charge in [-0.05, 0) is 32.9 Å². The van der Waals surface area contributed by atoms with Gasteiger partial charge in [0.25, 0.3) is 5.89 Å². The van der Waals surface area contributed by atoms with Crippen LogP contribution in [0.3, 0.4) is 0 Å². The van der Waals surface area contributed by atoms with Gasteiger partial charge in [0.15, 0.2) is 5.82 Å². The fourth-order valence-electron chi connectivity index (χ4n) is 2.23. The van der Waals surface area contributed by atoms with E-state index in [2.05, 4.69) is 27.4 Å². The number of benzene rings is 1. The molecule has 1 atom stereocenters. The highest BCUT2D eigenvalue weighted by molar-refractivity contribution is 7.09. The van der Waals surface area contributed by atoms with E-state index in [0.29, 0.717) is 11.7 Å². The molecular formula is C15H16N4OS. The second-order valence-electron chi connectivity index (χ2n) is 4.86. The van der Waals surface area contributed by atoms with E-state index in [0.717, 1.165) is 16.9 Å². The monoisotopic (exact) mass is 300 g/mol. The topological polar surface area (TPSA) is 63.8 Å². The molecule has 0 saturated carbocycles. The van der Waals surface area contributed by atoms with Gasteiger partial charge >= 0.3 is 0 Å². The summed E-state index contributed by atoms with van der Waals surface area (Å²) in [6.45, 7) is 5.96. The molecule has 0 aliphatic rings. The van der Waals surface area contributed by atoms with E-state index in [-0.39, 0.29) is 6.04 Å². The number of aromatic nitrogens is 3. The zero-order valence-electron chi connectivity index (χ0n) is 12.1. The smallest absolute Gasteiger partial charge is 0.260 e. The van der Waals surface area contributed by atoms with E-state index in [4.69, 9.17) is 4.52 Å². The normalized spacial score (nSPS) is 12.3. The van der Waals surface area contributed by atoms with Gasteiger partial charge in [-0.15, -0.1) is 11.3 Å². The van der Waals surface area contributed by atoms with Gasteiger partial charge in [-0.3, -0.25) is 0 Å². The van der Waals surface area contributed by atoms with Crippen LogP contribution in [0.5, 0.6) is 0 Å². The minimum Gasteiger partial charge on any atom is -0.377 e. The third kappa shape index (κ3) is 2.80. The lowest BCUT2D eigenvalue weighted by Crippen LogP contribution is -2.07. The molecule has 1 N–H and O–H groups in total. The first-order valence-corrected chi connectivity index (χ1v) is 7.59. The Morgan fingerprint density at radius 1 is 1.24 bits per heavy atom. The molecule has 2 heterocycles. The van der Waals surface area contributed by atoms with E-state index < -0.39 is 0 Å². The highest BCUT2D eigenvalue weighted by atomic mass is 32.1. The molecule has 1 aromatic carbocycles. The summed E-state index contributed by atoms with van der Waals surface area (Å²) in [6, 6.07) is 8.11. The molecule has 21 heavy (non-hydrogen) atoms. The number of nitrogens with one attached hydrogen (secondary N) is 1. The second-order valence-corrected chi connectivity index (χ2v) is 5.75. The summed E-state index contributed by atoms with van der Waals surface area (Å²) in [5, 5.41) is 7.36. The maximum atomic E-state index is 5.28. The lowest BCUT2D eigenvalue weighted by molar-refractivity contribution is 0.425. The average molecular weight is 300 g/mol. The molecular weight excluding hydrogens is 284 g/mol. The Kier molecular flexibility index (Phi) is 3.70. The predicted molar refractivity (Wildman–Crippen MR) is 83.4 cm³/mol. The van der Waals surface area contributed by atoms with Crippen molar-refractivity contribution in [3.63, 3.8) is 0 Å². The van der Waals surface area contributed by atoms with Crippen molar-refractivity contribution in [3.8, 4) is 11.5 Å². The number of thiazole rings is 1. The number of para-hydroxylation sites is 1. The second kappa shape index (κ2) is 5.65. The Balaban J connectivity index is 1.91. The predicted octanol–water partition coefficient (Wildman–Crippen LogP) is 3.98. The van der Waals surface area contributed by atoms with Gasteiger partial charge in [0.2, 0.25) is 0 Å². The Hall–Kier alpha value is -2.21. The molecule has 108 valence electrons. The van der Waals surface area contributed by atoms with Crippen LogP contribution < -0.4 is 5.32 Å². The molecule has 0 spiro atoms. The summed E-state index contributed by atoms with van der Waals surface area (Å²) in [4.78, 5) is 9.83. The van der Waals surface area contributed by atoms with Crippen molar-refractivity contribution in [1.29, 1.82) is 0 Å². The maximum Gasteiger partial charge on any atom is 0.260 e. The summed E-state index contributed by atoms with van der Waals surface area (Å²) in [7, 11) is 0. The van der Waals surface area contributed by atoms with Crippen LogP contribution in [0.1, 0.15) is 29.4 Å². The van der Waals surface area contributed by atoms with E-state index in [9.17, 15) is 0 Å². The van der Waals surface area contributed by atoms with Gasteiger partial charge in [0, 0.05) is 10.6 Å². The van der Waals surface area contributed by atoms with Crippen LogP contribution in [-0.2, 0) is 0 Å². The highest BCUT2D eigenvalue weighted by Crippen LogP contribution is 2.31. The lowest BCUT2D eigenvalue weighted by atomic mass is 10.1. The summed E-state index contributed by atoms with van der Waals surface area (Å²) >= 11 is 1.66. The van der Waals surface area contributed by atoms with Gasteiger partial charge in [0.05, 0.1) is 22.8 Å². The zero-order chi connectivity index (χ0) is 14.8. The van der Waals surface area contributed by atoms with E-state index in [1.165, 1.54) is 4.88 Å². The Morgan fingerprint density at radius 2 is 2.05 bits per heavy atom. The fourth-order valence-corrected chi connectivity index (χ4v) is 3.04. The Morgan fingerprint density at radius 3 is 2.71 bits per heavy atom. The van der Waals surface area contributed by atoms with Gasteiger partial charge in [-0.1, -0.05) is 17.3 Å². The molecule has 0 saturated heterocycles. The van der Waals surface area contributed by atoms with Gasteiger partial charge in [-0.25, -0.2) is 4.98 Å². The minimum atomic E-state index is 0.169. The highest BCUT2D eigenvalue weighted by Gasteiger charge is 2.15. The van der Waals surface area contributed by atoms with Crippen LogP contribution in [0.15, 0.2) is 34.3 Å². The third-order valence-corrected chi connectivity index (χ3v) is 4.35. The molecule has 0 bridgehead atoms. The number of hydrogen-bond acceptors (Lipinski definition) is 6. The van der Waals surface area contributed by atoms with Crippen LogP contribution in [0, 0.1) is 13.8 Å². The SMILES string of the molecule is Cc1noc(-c2ccccc2NC(C)c2scnc2C)n1. The molecule has 0 aliphatic carbocycles. The van der Waals surface area contributed by atoms with Crippen molar-refractivity contribution in [2.75, 3.05) is 5.32 Å². The van der Waals surface area contributed by atoms with Gasteiger partial charge < -0.3 is 9.84 Å². The largest absolute Gasteiger partial charge is 0.377 e. The number of hydrogen-bond donors (Lipinski definition) is 1. The maximum absolute atomic E-state index is 5.28. The number of aryl methyl sites for hydroxylation is 2. The standard InChI is InChI=1S/C15H16N4OS/c1-9-14(21-8-16-9)10(2)17-13-7-5-4-6-12(13)15-18-11(3)19-20-15/h4-8,10,17H,1-3H3. The molecule has 1 unspecified atom stereocenters. The number of anilines is 1. The first-order chi connectivity index (χ1) is 10.1. The van der Waals surface area contributed by atoms with Gasteiger partial charge in [-0.2, -0.15) is 4.98 Å². The first-order valence-electron chi connectivity index (χ1n) is 6.71. The van der Waals surface area contributed by atoms with Crippen LogP contribution in [0.4, 0.5) is 5.69 Å². The van der Waals surface area contributed by atoms with E-state index in [1.807, 2.05) is 43.6 Å². The quantitative estimate of drug-likeness (QED) is 0.789. The molecule has 6 heteroatoms. The zero-order valence-corrected chi connectivity index (χ0v) is 12.9. The number of rotatable bonds is 4. The van der Waals surface area contributed by atoms with Crippen molar-refractivity contribution in [1.82, 2.24) is 15.1 Å². The molecule has 0 fully saturated rings. The van der Waals surface area contributed by atoms with Crippen LogP contribution >= 0.6 is 11.3 Å². The van der Waals surface area contributed by atoms with Gasteiger partial charge in [0.1, 0.15) is 0 Å². The fraction of sp³-hybridized carbons (Fsp3) is 0.267. The Bertz CT molecular complexity index is 749. The lowest BCUT2D eigenvalue weighted by Gasteiger charge is -2.16. The van der Waals surface area contributed by atoms with Crippen molar-refractivity contribution in [2.45, 2.75) is 26.8 Å². The third-order valence-electron chi connectivity index (χ3n) is 3.23. The van der Waals surface area contributed by atoms with Crippen molar-refractivity contribution < 1.29 is 4.52 Å². The Labute approximate surface area is 127 Å². The number of nitrogens with zero attached hydrogens (tertiary/aromatic N) is 3. The molecule has 0 amide bonds. The summed E-state index contributed by atoms with van der Waals surface area (Å²) < 4.78 is 5.28. The van der Waals surface area contributed by atoms with E-state index >= 15 is 0 Å². The molecule has 0 aliphatic heterocycles. The molecule has 5 nitrogen and oxygen atoms in total. The van der Waals surface area contributed by atoms with Crippen molar-refractivity contribution in [3.05, 3.63) is 46.2 Å². The molecule has 3 aromatic rings. The van der Waals surface area contributed by atoms with Crippen LogP contribution in [-0.4, -0.2) is 15.1 Å². The summed E-state index contributed by atoms with van der Waals surface area (Å²) in [5.41, 5.74) is 4.82. The van der Waals surface area contributed by atoms with E-state index in [1.54, 1.807) is 11.3 Å². The van der Waals surface area contributed by atoms with Crippen molar-refractivity contribution in [2.24, 2.45) is 0 Å². The van der Waals surface area contributed by atoms with Crippen LogP contribution in [0.25, 0.3) is 11.5 Å². The minimum absolute atomic E-state index is 0.169. The first kappa shape index (κ1) is 13.8. The van der Waals surface area contributed by atoms with Crippen LogP contribution in [0.2, 0.25) is 0 Å². The average Bonchev–Trinajstić information content (AvgIpc) is 3.08. The summed E-state index contributed by atoms with van der Waals surface area (Å²) in [5.74, 6) is 1.16. The van der Waals surface area contributed by atoms with Crippen molar-refractivity contribution >= 4 is 17.0 Å². The molecule has 2 aromatic heterocycles. The summed E-state index contributed by atoms with van der Waals surface area (Å²) in [6.07, 6.45) is 0. The molecule has 0 radical (unpaired) electrons.